The standard InChI is InChI=1S/C33H31FN3O2PS/c1-23(2)31-30(32(25-16-18-26(34)19-17-25)37-33(36-31)41(38,39)35-3)22-24-14-20-29(21-15-24)40(27-10-6-4-7-11-27)28-12-8-5-9-13-28/h4-21,23,35H,22H2,1-3H3. The van der Waals surface area contributed by atoms with Crippen molar-refractivity contribution in [3.05, 3.63) is 132 Å². The second-order valence-electron chi connectivity index (χ2n) is 9.94. The van der Waals surface area contributed by atoms with E-state index in [0.717, 1.165) is 11.1 Å². The molecule has 41 heavy (non-hydrogen) atoms. The molecule has 0 bridgehead atoms. The molecular formula is C33H31FN3O2PS. The average molecular weight is 584 g/mol. The van der Waals surface area contributed by atoms with Crippen molar-refractivity contribution in [2.24, 2.45) is 0 Å². The number of nitrogens with zero attached hydrogens (tertiary/aromatic N) is 2. The number of sulfonamides is 1. The Balaban J connectivity index is 1.59. The SMILES string of the molecule is CNS(=O)(=O)c1nc(-c2ccc(F)cc2)c(Cc2ccc(P(c3ccccc3)c3ccccc3)cc2)c(C(C)C)n1. The van der Waals surface area contributed by atoms with E-state index in [1.807, 2.05) is 26.0 Å². The largest absolute Gasteiger partial charge is 0.276 e. The van der Waals surface area contributed by atoms with Crippen LogP contribution in [0.5, 0.6) is 0 Å². The number of hydrogen-bond donors (Lipinski definition) is 1. The molecule has 0 saturated heterocycles. The van der Waals surface area contributed by atoms with Crippen LogP contribution in [0.25, 0.3) is 11.3 Å². The van der Waals surface area contributed by atoms with Gasteiger partial charge in [0.25, 0.3) is 15.2 Å². The van der Waals surface area contributed by atoms with Gasteiger partial charge in [0, 0.05) is 17.5 Å². The Bertz CT molecular complexity index is 1690. The monoisotopic (exact) mass is 583 g/mol. The highest BCUT2D eigenvalue weighted by Crippen LogP contribution is 2.34. The Kier molecular flexibility index (Phi) is 8.69. The molecule has 208 valence electrons. The van der Waals surface area contributed by atoms with Crippen molar-refractivity contribution >= 4 is 33.9 Å². The van der Waals surface area contributed by atoms with Gasteiger partial charge >= 0.3 is 0 Å². The summed E-state index contributed by atoms with van der Waals surface area (Å²) in [6, 6.07) is 35.6. The number of benzene rings is 4. The van der Waals surface area contributed by atoms with Crippen molar-refractivity contribution in [2.45, 2.75) is 31.3 Å². The van der Waals surface area contributed by atoms with E-state index in [4.69, 9.17) is 0 Å². The van der Waals surface area contributed by atoms with Gasteiger partial charge in [-0.25, -0.2) is 27.5 Å². The molecule has 0 unspecified atom stereocenters. The Morgan fingerprint density at radius 3 is 1.80 bits per heavy atom. The zero-order valence-corrected chi connectivity index (χ0v) is 24.8. The molecule has 0 spiro atoms. The molecule has 1 N–H and O–H groups in total. The minimum absolute atomic E-state index is 0.0683. The summed E-state index contributed by atoms with van der Waals surface area (Å²) < 4.78 is 41.6. The van der Waals surface area contributed by atoms with Crippen LogP contribution < -0.4 is 20.6 Å². The first-order valence-corrected chi connectivity index (χ1v) is 16.2. The molecule has 0 atom stereocenters. The van der Waals surface area contributed by atoms with Crippen LogP contribution in [0.4, 0.5) is 4.39 Å². The van der Waals surface area contributed by atoms with Crippen LogP contribution >= 0.6 is 7.92 Å². The molecule has 1 aromatic heterocycles. The molecule has 0 aliphatic heterocycles. The third kappa shape index (κ3) is 6.43. The van der Waals surface area contributed by atoms with Crippen LogP contribution in [0.1, 0.15) is 36.6 Å². The second kappa shape index (κ2) is 12.4. The van der Waals surface area contributed by atoms with Crippen molar-refractivity contribution in [3.63, 3.8) is 0 Å². The predicted octanol–water partition coefficient (Wildman–Crippen LogP) is 5.66. The third-order valence-corrected chi connectivity index (χ3v) is 10.4. The van der Waals surface area contributed by atoms with Gasteiger partial charge in [-0.3, -0.25) is 0 Å². The Hall–Kier alpha value is -3.77. The first kappa shape index (κ1) is 28.7. The molecule has 4 aromatic carbocycles. The van der Waals surface area contributed by atoms with E-state index in [2.05, 4.69) is 87.5 Å². The second-order valence-corrected chi connectivity index (χ2v) is 13.9. The minimum Gasteiger partial charge on any atom is -0.222 e. The van der Waals surface area contributed by atoms with Gasteiger partial charge in [0.05, 0.1) is 11.4 Å². The van der Waals surface area contributed by atoms with Gasteiger partial charge in [-0.2, -0.15) is 0 Å². The van der Waals surface area contributed by atoms with Gasteiger partial charge in [0.2, 0.25) is 0 Å². The maximum absolute atomic E-state index is 13.8. The maximum Gasteiger partial charge on any atom is 0.276 e. The van der Waals surface area contributed by atoms with Gasteiger partial charge in [0.1, 0.15) is 5.82 Å². The van der Waals surface area contributed by atoms with E-state index in [1.54, 1.807) is 12.1 Å². The van der Waals surface area contributed by atoms with E-state index in [0.29, 0.717) is 23.4 Å². The molecule has 5 rings (SSSR count). The predicted molar refractivity (Wildman–Crippen MR) is 166 cm³/mol. The number of hydrogen-bond acceptors (Lipinski definition) is 4. The molecule has 0 radical (unpaired) electrons. The van der Waals surface area contributed by atoms with E-state index < -0.39 is 17.9 Å². The average Bonchev–Trinajstić information content (AvgIpc) is 2.99. The summed E-state index contributed by atoms with van der Waals surface area (Å²) in [7, 11) is -3.29. The van der Waals surface area contributed by atoms with Gasteiger partial charge < -0.3 is 0 Å². The maximum atomic E-state index is 13.8. The van der Waals surface area contributed by atoms with Crippen LogP contribution in [0, 0.1) is 5.82 Å². The number of halogens is 1. The van der Waals surface area contributed by atoms with E-state index in [-0.39, 0.29) is 16.9 Å². The van der Waals surface area contributed by atoms with Crippen molar-refractivity contribution in [1.29, 1.82) is 0 Å². The molecule has 0 aliphatic carbocycles. The molecule has 0 fully saturated rings. The van der Waals surface area contributed by atoms with Crippen molar-refractivity contribution < 1.29 is 12.8 Å². The fourth-order valence-electron chi connectivity index (χ4n) is 4.76. The molecule has 0 saturated carbocycles. The fraction of sp³-hybridized carbons (Fsp3) is 0.152. The topological polar surface area (TPSA) is 72.0 Å². The lowest BCUT2D eigenvalue weighted by Gasteiger charge is -2.20. The lowest BCUT2D eigenvalue weighted by atomic mass is 9.93. The van der Waals surface area contributed by atoms with Crippen LogP contribution in [0.15, 0.2) is 114 Å². The lowest BCUT2D eigenvalue weighted by molar-refractivity contribution is 0.576. The van der Waals surface area contributed by atoms with Crippen LogP contribution in [-0.4, -0.2) is 25.4 Å². The number of rotatable bonds is 9. The summed E-state index contributed by atoms with van der Waals surface area (Å²) in [4.78, 5) is 9.01. The number of nitrogens with one attached hydrogen (secondary N) is 1. The minimum atomic E-state index is -3.89. The fourth-order valence-corrected chi connectivity index (χ4v) is 7.65. The van der Waals surface area contributed by atoms with Gasteiger partial charge in [0.15, 0.2) is 0 Å². The van der Waals surface area contributed by atoms with Crippen molar-refractivity contribution in [1.82, 2.24) is 14.7 Å². The molecule has 8 heteroatoms. The first-order valence-electron chi connectivity index (χ1n) is 13.4. The summed E-state index contributed by atoms with van der Waals surface area (Å²) in [5, 5.41) is 3.49. The van der Waals surface area contributed by atoms with Crippen LogP contribution in [-0.2, 0) is 16.4 Å². The van der Waals surface area contributed by atoms with Gasteiger partial charge in [-0.1, -0.05) is 98.8 Å². The van der Waals surface area contributed by atoms with Crippen molar-refractivity contribution in [3.8, 4) is 11.3 Å². The van der Waals surface area contributed by atoms with Crippen LogP contribution in [0.2, 0.25) is 0 Å². The molecule has 1 heterocycles. The van der Waals surface area contributed by atoms with E-state index in [9.17, 15) is 12.8 Å². The molecule has 5 aromatic rings. The zero-order chi connectivity index (χ0) is 29.0. The summed E-state index contributed by atoms with van der Waals surface area (Å²) in [5.74, 6) is -0.443. The third-order valence-electron chi connectivity index (χ3n) is 6.80. The Morgan fingerprint density at radius 1 is 0.756 bits per heavy atom. The summed E-state index contributed by atoms with van der Waals surface area (Å²) >= 11 is 0. The highest BCUT2D eigenvalue weighted by atomic mass is 32.2. The van der Waals surface area contributed by atoms with E-state index >= 15 is 0 Å². The van der Waals surface area contributed by atoms with E-state index in [1.165, 1.54) is 35.1 Å². The molecule has 0 aliphatic rings. The lowest BCUT2D eigenvalue weighted by Crippen LogP contribution is -2.23. The van der Waals surface area contributed by atoms with Gasteiger partial charge in [-0.15, -0.1) is 0 Å². The normalized spacial score (nSPS) is 11.8. The Labute approximate surface area is 242 Å². The number of aromatic nitrogens is 2. The smallest absolute Gasteiger partial charge is 0.222 e. The summed E-state index contributed by atoms with van der Waals surface area (Å²) in [5.41, 5.74) is 3.63. The summed E-state index contributed by atoms with van der Waals surface area (Å²) in [6.07, 6.45) is 0.495. The Morgan fingerprint density at radius 2 is 1.29 bits per heavy atom. The molecular weight excluding hydrogens is 552 g/mol. The zero-order valence-electron chi connectivity index (χ0n) is 23.1. The highest BCUT2D eigenvalue weighted by Gasteiger charge is 2.24. The highest BCUT2D eigenvalue weighted by molar-refractivity contribution is 7.89. The first-order chi connectivity index (χ1) is 19.8. The van der Waals surface area contributed by atoms with Gasteiger partial charge in [-0.05, 0) is 66.6 Å². The molecule has 0 amide bonds. The van der Waals surface area contributed by atoms with Crippen molar-refractivity contribution in [2.75, 3.05) is 7.05 Å². The molecule has 5 nitrogen and oxygen atoms in total. The quantitative estimate of drug-likeness (QED) is 0.180. The summed E-state index contributed by atoms with van der Waals surface area (Å²) in [6.45, 7) is 3.96. The van der Waals surface area contributed by atoms with Crippen LogP contribution in [0.3, 0.4) is 0 Å².